The maximum absolute atomic E-state index is 13.4. The number of aryl methyl sites for hydroxylation is 1. The van der Waals surface area contributed by atoms with Crippen LogP contribution < -0.4 is 4.74 Å². The average Bonchev–Trinajstić information content (AvgIpc) is 2.87. The van der Waals surface area contributed by atoms with E-state index in [0.717, 1.165) is 41.4 Å². The van der Waals surface area contributed by atoms with Crippen LogP contribution >= 0.6 is 0 Å². The van der Waals surface area contributed by atoms with Crippen LogP contribution in [0.15, 0.2) is 59.5 Å². The standard InChI is InChI=1S/C30H34N2O6S/c1-21-13-23(27-7-2-3-8-28(27)31-21)17-38-25-9-11-26(12-10-25)39(36,37)20-30(15-24(34)16-33)18-32(19-30)29(35)14-22-5-4-6-22/h2-3,7-13,22,33H,4-6,14-20H2,1H3. The molecule has 3 aromatic rings. The van der Waals surface area contributed by atoms with Crippen LogP contribution in [-0.2, 0) is 26.0 Å². The van der Waals surface area contributed by atoms with Gasteiger partial charge in [0.2, 0.25) is 5.91 Å². The Bertz CT molecular complexity index is 1480. The van der Waals surface area contributed by atoms with Crippen molar-refractivity contribution in [2.75, 3.05) is 25.4 Å². The minimum atomic E-state index is -3.75. The summed E-state index contributed by atoms with van der Waals surface area (Å²) >= 11 is 0. The van der Waals surface area contributed by atoms with E-state index in [-0.39, 0.29) is 36.1 Å². The molecule has 0 atom stereocenters. The number of likely N-dealkylation sites (tertiary alicyclic amines) is 1. The number of sulfone groups is 1. The molecule has 1 aromatic heterocycles. The number of carbonyl (C=O) groups is 2. The summed E-state index contributed by atoms with van der Waals surface area (Å²) in [7, 11) is -3.75. The van der Waals surface area contributed by atoms with E-state index in [2.05, 4.69) is 4.98 Å². The quantitative estimate of drug-likeness (QED) is 0.386. The number of para-hydroxylation sites is 1. The molecule has 0 radical (unpaired) electrons. The molecule has 0 unspecified atom stereocenters. The van der Waals surface area contributed by atoms with Gasteiger partial charge in [0.05, 0.1) is 16.2 Å². The van der Waals surface area contributed by atoms with E-state index in [9.17, 15) is 23.1 Å². The Morgan fingerprint density at radius 2 is 1.82 bits per heavy atom. The van der Waals surface area contributed by atoms with E-state index in [1.165, 1.54) is 12.1 Å². The van der Waals surface area contributed by atoms with Crippen molar-refractivity contribution in [2.45, 2.75) is 50.5 Å². The van der Waals surface area contributed by atoms with Crippen molar-refractivity contribution in [3.63, 3.8) is 0 Å². The topological polar surface area (TPSA) is 114 Å². The van der Waals surface area contributed by atoms with Crippen molar-refractivity contribution in [3.05, 3.63) is 65.9 Å². The number of hydrogen-bond acceptors (Lipinski definition) is 7. The van der Waals surface area contributed by atoms with Crippen LogP contribution in [0.4, 0.5) is 0 Å². The summed E-state index contributed by atoms with van der Waals surface area (Å²) in [6.45, 7) is 2.03. The van der Waals surface area contributed by atoms with Crippen molar-refractivity contribution in [2.24, 2.45) is 11.3 Å². The lowest BCUT2D eigenvalue weighted by molar-refractivity contribution is -0.147. The van der Waals surface area contributed by atoms with E-state index in [4.69, 9.17) is 4.74 Å². The molecule has 1 aliphatic heterocycles. The molecule has 2 heterocycles. The van der Waals surface area contributed by atoms with Crippen molar-refractivity contribution < 1.29 is 27.9 Å². The Balaban J connectivity index is 1.25. The molecule has 2 aromatic carbocycles. The summed E-state index contributed by atoms with van der Waals surface area (Å²) in [5.74, 6) is 0.287. The van der Waals surface area contributed by atoms with E-state index in [1.54, 1.807) is 17.0 Å². The molecule has 1 amide bonds. The molecule has 0 bridgehead atoms. The van der Waals surface area contributed by atoms with E-state index >= 15 is 0 Å². The second kappa shape index (κ2) is 11.1. The van der Waals surface area contributed by atoms with Crippen molar-refractivity contribution in [1.82, 2.24) is 9.88 Å². The Hall–Kier alpha value is -3.30. The molecule has 5 rings (SSSR count). The molecule has 2 fully saturated rings. The highest BCUT2D eigenvalue weighted by Crippen LogP contribution is 2.39. The molecular weight excluding hydrogens is 516 g/mol. The predicted octanol–water partition coefficient (Wildman–Crippen LogP) is 3.87. The Morgan fingerprint density at radius 1 is 1.10 bits per heavy atom. The van der Waals surface area contributed by atoms with Crippen LogP contribution in [-0.4, -0.2) is 60.5 Å². The molecular formula is C30H34N2O6S. The highest BCUT2D eigenvalue weighted by atomic mass is 32.2. The molecule has 0 spiro atoms. The van der Waals surface area contributed by atoms with Crippen molar-refractivity contribution >= 4 is 32.4 Å². The zero-order valence-electron chi connectivity index (χ0n) is 22.1. The number of carbonyl (C=O) groups excluding carboxylic acids is 2. The Labute approximate surface area is 228 Å². The normalized spacial score (nSPS) is 16.9. The summed E-state index contributed by atoms with van der Waals surface area (Å²) in [6, 6.07) is 16.1. The predicted molar refractivity (Wildman–Crippen MR) is 147 cm³/mol. The number of aliphatic hydroxyl groups is 1. The number of fused-ring (bicyclic) bond motifs is 1. The van der Waals surface area contributed by atoms with Gasteiger partial charge in [-0.1, -0.05) is 24.6 Å². The third-order valence-electron chi connectivity index (χ3n) is 7.85. The first kappa shape index (κ1) is 27.3. The van der Waals surface area contributed by atoms with Crippen LogP contribution in [0.5, 0.6) is 5.75 Å². The summed E-state index contributed by atoms with van der Waals surface area (Å²) in [6.07, 6.45) is 3.67. The zero-order chi connectivity index (χ0) is 27.6. The largest absolute Gasteiger partial charge is 0.489 e. The number of aromatic nitrogens is 1. The highest BCUT2D eigenvalue weighted by molar-refractivity contribution is 7.91. The maximum atomic E-state index is 13.4. The number of rotatable bonds is 11. The minimum Gasteiger partial charge on any atom is -0.489 e. The number of ketones is 1. The van der Waals surface area contributed by atoms with Gasteiger partial charge in [-0.3, -0.25) is 14.6 Å². The fraction of sp³-hybridized carbons (Fsp3) is 0.433. The van der Waals surface area contributed by atoms with Gasteiger partial charge in [0.1, 0.15) is 19.0 Å². The number of amides is 1. The Morgan fingerprint density at radius 3 is 2.49 bits per heavy atom. The summed E-state index contributed by atoms with van der Waals surface area (Å²) in [5.41, 5.74) is 1.89. The minimum absolute atomic E-state index is 0.0165. The molecule has 1 saturated heterocycles. The van der Waals surface area contributed by atoms with Gasteiger partial charge in [-0.25, -0.2) is 8.42 Å². The summed E-state index contributed by atoms with van der Waals surface area (Å²) in [4.78, 5) is 31.1. The maximum Gasteiger partial charge on any atom is 0.222 e. The van der Waals surface area contributed by atoms with Crippen LogP contribution in [0.25, 0.3) is 10.9 Å². The van der Waals surface area contributed by atoms with Crippen LogP contribution in [0.1, 0.15) is 43.4 Å². The number of aliphatic hydroxyl groups excluding tert-OH is 1. The molecule has 206 valence electrons. The lowest BCUT2D eigenvalue weighted by Crippen LogP contribution is -2.62. The number of Topliss-reactive ketones (excluding diaryl/α,β-unsaturated/α-hetero) is 1. The van der Waals surface area contributed by atoms with Gasteiger partial charge in [0, 0.05) is 48.0 Å². The Kier molecular flexibility index (Phi) is 7.73. The fourth-order valence-corrected chi connectivity index (χ4v) is 7.45. The molecule has 39 heavy (non-hydrogen) atoms. The van der Waals surface area contributed by atoms with Crippen LogP contribution in [0.2, 0.25) is 0 Å². The molecule has 1 N–H and O–H groups in total. The van der Waals surface area contributed by atoms with Crippen LogP contribution in [0.3, 0.4) is 0 Å². The second-order valence-electron chi connectivity index (χ2n) is 11.1. The zero-order valence-corrected chi connectivity index (χ0v) is 23.0. The first-order valence-corrected chi connectivity index (χ1v) is 15.0. The van der Waals surface area contributed by atoms with Gasteiger partial charge in [-0.05, 0) is 62.1 Å². The van der Waals surface area contributed by atoms with Gasteiger partial charge >= 0.3 is 0 Å². The first-order chi connectivity index (χ1) is 18.7. The molecule has 2 aliphatic rings. The first-order valence-electron chi connectivity index (χ1n) is 13.4. The fourth-order valence-electron chi connectivity index (χ4n) is 5.65. The summed E-state index contributed by atoms with van der Waals surface area (Å²) < 4.78 is 32.7. The number of benzene rings is 2. The van der Waals surface area contributed by atoms with Gasteiger partial charge in [-0.2, -0.15) is 0 Å². The van der Waals surface area contributed by atoms with E-state index < -0.39 is 27.6 Å². The molecule has 1 saturated carbocycles. The molecule has 9 heteroatoms. The smallest absolute Gasteiger partial charge is 0.222 e. The second-order valence-corrected chi connectivity index (χ2v) is 13.1. The third-order valence-corrected chi connectivity index (χ3v) is 9.83. The lowest BCUT2D eigenvalue weighted by Gasteiger charge is -2.50. The van der Waals surface area contributed by atoms with Crippen LogP contribution in [0, 0.1) is 18.3 Å². The number of ether oxygens (including phenoxy) is 1. The van der Waals surface area contributed by atoms with Gasteiger partial charge in [0.25, 0.3) is 0 Å². The van der Waals surface area contributed by atoms with Gasteiger partial charge in [-0.15, -0.1) is 0 Å². The number of nitrogens with zero attached hydrogens (tertiary/aromatic N) is 2. The molecule has 8 nitrogen and oxygen atoms in total. The average molecular weight is 551 g/mol. The van der Waals surface area contributed by atoms with Crippen molar-refractivity contribution in [1.29, 1.82) is 0 Å². The lowest BCUT2D eigenvalue weighted by atomic mass is 9.76. The number of hydrogen-bond donors (Lipinski definition) is 1. The van der Waals surface area contributed by atoms with Gasteiger partial charge in [0.15, 0.2) is 15.6 Å². The van der Waals surface area contributed by atoms with E-state index in [1.807, 2.05) is 37.3 Å². The third kappa shape index (κ3) is 6.15. The SMILES string of the molecule is Cc1cc(COc2ccc(S(=O)(=O)CC3(CC(=O)CO)CN(C(=O)CC4CCC4)C3)cc2)c2ccccc2n1. The van der Waals surface area contributed by atoms with E-state index in [0.29, 0.717) is 24.7 Å². The highest BCUT2D eigenvalue weighted by Gasteiger charge is 2.49. The molecule has 1 aliphatic carbocycles. The van der Waals surface area contributed by atoms with Crippen molar-refractivity contribution in [3.8, 4) is 5.75 Å². The summed E-state index contributed by atoms with van der Waals surface area (Å²) in [5, 5.41) is 10.3. The number of pyridine rings is 1. The monoisotopic (exact) mass is 550 g/mol. The van der Waals surface area contributed by atoms with Gasteiger partial charge < -0.3 is 14.7 Å².